The normalized spacial score (nSPS) is 30.9. The maximum Gasteiger partial charge on any atom is 0.00237 e. The first-order valence-electron chi connectivity index (χ1n) is 6.14. The SMILES string of the molecule is CC.CC=C1CC2(C1)C/C2=C\CCC. The molecule has 80 valence electrons. The summed E-state index contributed by atoms with van der Waals surface area (Å²) in [5.74, 6) is 0. The second kappa shape index (κ2) is 4.82. The summed E-state index contributed by atoms with van der Waals surface area (Å²) in [6, 6.07) is 0. The highest BCUT2D eigenvalue weighted by Crippen LogP contribution is 2.67. The Morgan fingerprint density at radius 3 is 2.36 bits per heavy atom. The summed E-state index contributed by atoms with van der Waals surface area (Å²) in [6.45, 7) is 8.42. The summed E-state index contributed by atoms with van der Waals surface area (Å²) in [6.07, 6.45) is 11.5. The molecule has 2 saturated carbocycles. The standard InChI is InChI=1S/C12H18.C2H6/c1-3-5-6-11-9-12(11)7-10(4-2)8-12;1-2/h4,6H,3,5,7-9H2,1-2H3;1-2H3/b10-4?,11-6+;. The molecule has 2 aliphatic carbocycles. The summed E-state index contributed by atoms with van der Waals surface area (Å²) in [5.41, 5.74) is 4.14. The Balaban J connectivity index is 0.000000461. The van der Waals surface area contributed by atoms with Crippen molar-refractivity contribution in [2.24, 2.45) is 5.41 Å². The van der Waals surface area contributed by atoms with E-state index in [-0.39, 0.29) is 0 Å². The van der Waals surface area contributed by atoms with Crippen molar-refractivity contribution >= 4 is 0 Å². The van der Waals surface area contributed by atoms with Gasteiger partial charge in [0.2, 0.25) is 0 Å². The van der Waals surface area contributed by atoms with Gasteiger partial charge in [-0.15, -0.1) is 0 Å². The highest BCUT2D eigenvalue weighted by Gasteiger charge is 2.54. The van der Waals surface area contributed by atoms with Crippen LogP contribution < -0.4 is 0 Å². The zero-order chi connectivity index (χ0) is 10.6. The van der Waals surface area contributed by atoms with Gasteiger partial charge in [0.25, 0.3) is 0 Å². The third-order valence-corrected chi connectivity index (χ3v) is 3.30. The second-order valence-electron chi connectivity index (χ2n) is 4.28. The Morgan fingerprint density at radius 1 is 1.21 bits per heavy atom. The van der Waals surface area contributed by atoms with Crippen LogP contribution in [-0.4, -0.2) is 0 Å². The van der Waals surface area contributed by atoms with Crippen molar-refractivity contribution in [2.75, 3.05) is 0 Å². The summed E-state index contributed by atoms with van der Waals surface area (Å²) in [7, 11) is 0. The minimum atomic E-state index is 0.705. The minimum absolute atomic E-state index is 0.705. The van der Waals surface area contributed by atoms with Crippen LogP contribution in [0.4, 0.5) is 0 Å². The predicted molar refractivity (Wildman–Crippen MR) is 64.4 cm³/mol. The van der Waals surface area contributed by atoms with Gasteiger partial charge in [-0.2, -0.15) is 0 Å². The molecule has 0 nitrogen and oxygen atoms in total. The van der Waals surface area contributed by atoms with Gasteiger partial charge in [-0.25, -0.2) is 0 Å². The van der Waals surface area contributed by atoms with E-state index in [2.05, 4.69) is 26.0 Å². The van der Waals surface area contributed by atoms with E-state index in [1.807, 2.05) is 13.8 Å². The quantitative estimate of drug-likeness (QED) is 0.548. The summed E-state index contributed by atoms with van der Waals surface area (Å²) < 4.78 is 0. The van der Waals surface area contributed by atoms with Crippen molar-refractivity contribution in [3.05, 3.63) is 23.3 Å². The van der Waals surface area contributed by atoms with Gasteiger partial charge in [-0.05, 0) is 32.6 Å². The van der Waals surface area contributed by atoms with E-state index in [0.717, 1.165) is 0 Å². The highest BCUT2D eigenvalue weighted by molar-refractivity contribution is 5.43. The van der Waals surface area contributed by atoms with Gasteiger partial charge in [0, 0.05) is 5.41 Å². The van der Waals surface area contributed by atoms with Gasteiger partial charge >= 0.3 is 0 Å². The largest absolute Gasteiger partial charge is 0.0884 e. The van der Waals surface area contributed by atoms with Gasteiger partial charge in [-0.3, -0.25) is 0 Å². The molecule has 1 spiro atoms. The van der Waals surface area contributed by atoms with Crippen LogP contribution in [0.3, 0.4) is 0 Å². The molecule has 2 fully saturated rings. The fourth-order valence-electron chi connectivity index (χ4n) is 2.30. The lowest BCUT2D eigenvalue weighted by Gasteiger charge is -2.28. The maximum absolute atomic E-state index is 2.48. The fourth-order valence-corrected chi connectivity index (χ4v) is 2.30. The van der Waals surface area contributed by atoms with Crippen LogP contribution in [0, 0.1) is 5.41 Å². The van der Waals surface area contributed by atoms with Gasteiger partial charge in [0.15, 0.2) is 0 Å². The Hall–Kier alpha value is -0.520. The number of allylic oxidation sites excluding steroid dienone is 4. The maximum atomic E-state index is 2.48. The molecule has 0 aliphatic heterocycles. The first kappa shape index (κ1) is 11.6. The number of hydrogen-bond donors (Lipinski definition) is 0. The lowest BCUT2D eigenvalue weighted by atomic mass is 9.76. The van der Waals surface area contributed by atoms with E-state index < -0.39 is 0 Å². The number of rotatable bonds is 2. The second-order valence-corrected chi connectivity index (χ2v) is 4.28. The molecule has 14 heavy (non-hydrogen) atoms. The Bertz CT molecular complexity index is 235. The first-order valence-corrected chi connectivity index (χ1v) is 6.14. The smallest absolute Gasteiger partial charge is 0.00237 e. The van der Waals surface area contributed by atoms with Gasteiger partial charge in [0.1, 0.15) is 0 Å². The van der Waals surface area contributed by atoms with Gasteiger partial charge < -0.3 is 0 Å². The molecule has 0 amide bonds. The Kier molecular flexibility index (Phi) is 3.97. The lowest BCUT2D eigenvalue weighted by molar-refractivity contribution is 0.416. The van der Waals surface area contributed by atoms with Crippen molar-refractivity contribution in [2.45, 2.75) is 59.8 Å². The van der Waals surface area contributed by atoms with Crippen molar-refractivity contribution in [3.8, 4) is 0 Å². The summed E-state index contributed by atoms with van der Waals surface area (Å²) in [4.78, 5) is 0. The van der Waals surface area contributed by atoms with Crippen LogP contribution in [0.1, 0.15) is 59.8 Å². The molecule has 0 heteroatoms. The molecule has 0 atom stereocenters. The highest BCUT2D eigenvalue weighted by atomic mass is 14.6. The van der Waals surface area contributed by atoms with Crippen LogP contribution in [0.5, 0.6) is 0 Å². The van der Waals surface area contributed by atoms with Gasteiger partial charge in [0.05, 0.1) is 0 Å². The van der Waals surface area contributed by atoms with Crippen LogP contribution in [0.2, 0.25) is 0 Å². The van der Waals surface area contributed by atoms with E-state index >= 15 is 0 Å². The molecule has 0 aromatic rings. The van der Waals surface area contributed by atoms with Crippen LogP contribution in [0.25, 0.3) is 0 Å². The van der Waals surface area contributed by atoms with Crippen molar-refractivity contribution < 1.29 is 0 Å². The molecular formula is C14H24. The molecular weight excluding hydrogens is 168 g/mol. The van der Waals surface area contributed by atoms with Crippen molar-refractivity contribution in [1.29, 1.82) is 0 Å². The average molecular weight is 192 g/mol. The molecule has 0 aromatic heterocycles. The molecule has 2 rings (SSSR count). The molecule has 0 radical (unpaired) electrons. The Morgan fingerprint density at radius 2 is 1.86 bits per heavy atom. The molecule has 0 aromatic carbocycles. The van der Waals surface area contributed by atoms with Crippen LogP contribution >= 0.6 is 0 Å². The third-order valence-electron chi connectivity index (χ3n) is 3.30. The third kappa shape index (κ3) is 2.10. The average Bonchev–Trinajstić information content (AvgIpc) is 2.90. The molecule has 2 aliphatic rings. The van der Waals surface area contributed by atoms with E-state index in [4.69, 9.17) is 0 Å². The molecule has 0 heterocycles. The molecule has 0 bridgehead atoms. The zero-order valence-electron chi connectivity index (χ0n) is 10.2. The molecule has 0 saturated heterocycles. The van der Waals surface area contributed by atoms with Crippen LogP contribution in [0.15, 0.2) is 23.3 Å². The Labute approximate surface area is 89.1 Å². The number of hydrogen-bond acceptors (Lipinski definition) is 0. The topological polar surface area (TPSA) is 0 Å². The van der Waals surface area contributed by atoms with Crippen molar-refractivity contribution in [1.82, 2.24) is 0 Å². The van der Waals surface area contributed by atoms with Gasteiger partial charge in [-0.1, -0.05) is 50.5 Å². The summed E-state index contributed by atoms with van der Waals surface area (Å²) >= 11 is 0. The monoisotopic (exact) mass is 192 g/mol. The minimum Gasteiger partial charge on any atom is -0.0884 e. The summed E-state index contributed by atoms with van der Waals surface area (Å²) in [5, 5.41) is 0. The number of unbranched alkanes of at least 4 members (excludes halogenated alkanes) is 1. The molecule has 0 N–H and O–H groups in total. The lowest BCUT2D eigenvalue weighted by Crippen LogP contribution is -2.15. The first-order chi connectivity index (χ1) is 6.80. The fraction of sp³-hybridized carbons (Fsp3) is 0.714. The van der Waals surface area contributed by atoms with E-state index in [9.17, 15) is 0 Å². The van der Waals surface area contributed by atoms with E-state index in [0.29, 0.717) is 5.41 Å². The van der Waals surface area contributed by atoms with E-state index in [1.54, 1.807) is 11.1 Å². The van der Waals surface area contributed by atoms with E-state index in [1.165, 1.54) is 32.1 Å². The molecule has 0 unspecified atom stereocenters. The van der Waals surface area contributed by atoms with Crippen molar-refractivity contribution in [3.63, 3.8) is 0 Å². The predicted octanol–water partition coefficient (Wildman–Crippen LogP) is 4.87. The zero-order valence-corrected chi connectivity index (χ0v) is 10.2. The van der Waals surface area contributed by atoms with Crippen LogP contribution in [-0.2, 0) is 0 Å².